The van der Waals surface area contributed by atoms with E-state index in [-0.39, 0.29) is 5.91 Å². The van der Waals surface area contributed by atoms with E-state index in [1.165, 1.54) is 0 Å². The van der Waals surface area contributed by atoms with Gasteiger partial charge in [-0.2, -0.15) is 0 Å². The predicted octanol–water partition coefficient (Wildman–Crippen LogP) is 1.94. The molecule has 1 aromatic heterocycles. The van der Waals surface area contributed by atoms with Crippen LogP contribution in [0.25, 0.3) is 5.69 Å². The van der Waals surface area contributed by atoms with Crippen molar-refractivity contribution in [1.29, 1.82) is 0 Å². The van der Waals surface area contributed by atoms with Crippen LogP contribution in [0.2, 0.25) is 0 Å². The van der Waals surface area contributed by atoms with Crippen molar-refractivity contribution < 1.29 is 9.53 Å². The summed E-state index contributed by atoms with van der Waals surface area (Å²) in [4.78, 5) is 20.4. The van der Waals surface area contributed by atoms with Gasteiger partial charge in [-0.3, -0.25) is 9.36 Å². The molecule has 0 bridgehead atoms. The molecular formula is C17H22N4O2. The summed E-state index contributed by atoms with van der Waals surface area (Å²) >= 11 is 0. The number of aromatic nitrogens is 2. The van der Waals surface area contributed by atoms with Crippen LogP contribution in [0.4, 0.5) is 5.95 Å². The summed E-state index contributed by atoms with van der Waals surface area (Å²) in [5, 5.41) is 0. The summed E-state index contributed by atoms with van der Waals surface area (Å²) in [5.74, 6) is 1.95. The number of benzene rings is 1. The zero-order valence-corrected chi connectivity index (χ0v) is 13.6. The highest BCUT2D eigenvalue weighted by molar-refractivity contribution is 5.76. The lowest BCUT2D eigenvalue weighted by Crippen LogP contribution is -2.49. The van der Waals surface area contributed by atoms with Crippen LogP contribution >= 0.6 is 0 Å². The Labute approximate surface area is 136 Å². The average Bonchev–Trinajstić information content (AvgIpc) is 3.11. The Morgan fingerprint density at radius 1 is 1.26 bits per heavy atom. The lowest BCUT2D eigenvalue weighted by molar-refractivity contribution is -0.131. The van der Waals surface area contributed by atoms with Gasteiger partial charge in [0.25, 0.3) is 0 Å². The van der Waals surface area contributed by atoms with Gasteiger partial charge in [0.05, 0.1) is 12.8 Å². The molecule has 1 fully saturated rings. The summed E-state index contributed by atoms with van der Waals surface area (Å²) in [7, 11) is 1.66. The molecule has 2 heterocycles. The summed E-state index contributed by atoms with van der Waals surface area (Å²) in [5.41, 5.74) is 1.02. The van der Waals surface area contributed by atoms with Crippen molar-refractivity contribution >= 4 is 11.9 Å². The lowest BCUT2D eigenvalue weighted by Gasteiger charge is -2.35. The molecule has 0 radical (unpaired) electrons. The zero-order valence-electron chi connectivity index (χ0n) is 13.6. The third kappa shape index (κ3) is 3.16. The number of hydrogen-bond donors (Lipinski definition) is 0. The first-order valence-corrected chi connectivity index (χ1v) is 7.93. The van der Waals surface area contributed by atoms with E-state index in [1.807, 2.05) is 42.3 Å². The molecule has 1 saturated heterocycles. The number of piperazine rings is 1. The Morgan fingerprint density at radius 2 is 2.04 bits per heavy atom. The Bertz CT molecular complexity index is 675. The Balaban J connectivity index is 1.78. The van der Waals surface area contributed by atoms with Crippen molar-refractivity contribution in [1.82, 2.24) is 14.5 Å². The summed E-state index contributed by atoms with van der Waals surface area (Å²) in [6.07, 6.45) is 4.32. The molecule has 1 aliphatic rings. The molecule has 0 spiro atoms. The number of nitrogens with zero attached hydrogens (tertiary/aromatic N) is 4. The largest absolute Gasteiger partial charge is 0.497 e. The number of imidazole rings is 1. The lowest BCUT2D eigenvalue weighted by atomic mass is 10.3. The monoisotopic (exact) mass is 314 g/mol. The van der Waals surface area contributed by atoms with E-state index in [1.54, 1.807) is 13.3 Å². The van der Waals surface area contributed by atoms with Gasteiger partial charge in [0.1, 0.15) is 5.75 Å². The summed E-state index contributed by atoms with van der Waals surface area (Å²) in [6, 6.07) is 7.91. The van der Waals surface area contributed by atoms with Gasteiger partial charge in [-0.25, -0.2) is 4.98 Å². The first kappa shape index (κ1) is 15.4. The van der Waals surface area contributed by atoms with Crippen molar-refractivity contribution in [3.63, 3.8) is 0 Å². The van der Waals surface area contributed by atoms with Crippen LogP contribution in [0.1, 0.15) is 13.3 Å². The average molecular weight is 314 g/mol. The molecule has 23 heavy (non-hydrogen) atoms. The van der Waals surface area contributed by atoms with Crippen molar-refractivity contribution in [3.05, 3.63) is 36.7 Å². The normalized spacial score (nSPS) is 14.9. The number of carbonyl (C=O) groups is 1. The van der Waals surface area contributed by atoms with Crippen LogP contribution in [-0.4, -0.2) is 53.6 Å². The Morgan fingerprint density at radius 3 is 2.74 bits per heavy atom. The number of hydrogen-bond acceptors (Lipinski definition) is 4. The quantitative estimate of drug-likeness (QED) is 0.865. The molecule has 1 amide bonds. The van der Waals surface area contributed by atoms with Crippen molar-refractivity contribution in [2.75, 3.05) is 38.2 Å². The zero-order chi connectivity index (χ0) is 16.2. The maximum absolute atomic E-state index is 11.8. The third-order valence-corrected chi connectivity index (χ3v) is 4.17. The number of rotatable bonds is 4. The van der Waals surface area contributed by atoms with E-state index >= 15 is 0 Å². The molecule has 0 unspecified atom stereocenters. The van der Waals surface area contributed by atoms with Gasteiger partial charge in [-0.05, 0) is 12.1 Å². The third-order valence-electron chi connectivity index (χ3n) is 4.17. The number of ether oxygens (including phenoxy) is 1. The standard InChI is InChI=1S/C17H22N4O2/c1-3-16(22)19-9-11-20(12-10-19)17-18-7-8-21(17)14-5-4-6-15(13-14)23-2/h4-8,13H,3,9-12H2,1-2H3. The molecular weight excluding hydrogens is 292 g/mol. The first-order valence-electron chi connectivity index (χ1n) is 7.93. The second-order valence-corrected chi connectivity index (χ2v) is 5.52. The summed E-state index contributed by atoms with van der Waals surface area (Å²) in [6.45, 7) is 5.00. The van der Waals surface area contributed by atoms with Crippen LogP contribution in [0, 0.1) is 0 Å². The van der Waals surface area contributed by atoms with Gasteiger partial charge >= 0.3 is 0 Å². The van der Waals surface area contributed by atoms with Gasteiger partial charge in [0.15, 0.2) is 0 Å². The fourth-order valence-corrected chi connectivity index (χ4v) is 2.87. The van der Waals surface area contributed by atoms with Crippen LogP contribution in [0.3, 0.4) is 0 Å². The fraction of sp³-hybridized carbons (Fsp3) is 0.412. The molecule has 0 N–H and O–H groups in total. The van der Waals surface area contributed by atoms with Crippen molar-refractivity contribution in [2.24, 2.45) is 0 Å². The van der Waals surface area contributed by atoms with E-state index in [0.717, 1.165) is 43.6 Å². The Hall–Kier alpha value is -2.50. The minimum Gasteiger partial charge on any atom is -0.497 e. The molecule has 6 heteroatoms. The summed E-state index contributed by atoms with van der Waals surface area (Å²) < 4.78 is 7.35. The van der Waals surface area contributed by atoms with Gasteiger partial charge < -0.3 is 14.5 Å². The molecule has 122 valence electrons. The molecule has 0 atom stereocenters. The second kappa shape index (κ2) is 6.73. The molecule has 1 aromatic carbocycles. The minimum atomic E-state index is 0.223. The molecule has 0 saturated carbocycles. The molecule has 3 rings (SSSR count). The number of amides is 1. The van der Waals surface area contributed by atoms with Crippen LogP contribution < -0.4 is 9.64 Å². The maximum atomic E-state index is 11.8. The van der Waals surface area contributed by atoms with Crippen molar-refractivity contribution in [2.45, 2.75) is 13.3 Å². The number of methoxy groups -OCH3 is 1. The highest BCUT2D eigenvalue weighted by Crippen LogP contribution is 2.22. The number of anilines is 1. The van der Waals surface area contributed by atoms with Crippen molar-refractivity contribution in [3.8, 4) is 11.4 Å². The highest BCUT2D eigenvalue weighted by atomic mass is 16.5. The van der Waals surface area contributed by atoms with Gasteiger partial charge in [0, 0.05) is 51.1 Å². The first-order chi connectivity index (χ1) is 11.2. The fourth-order valence-electron chi connectivity index (χ4n) is 2.87. The van der Waals surface area contributed by atoms with Crippen LogP contribution in [-0.2, 0) is 4.79 Å². The highest BCUT2D eigenvalue weighted by Gasteiger charge is 2.22. The SMILES string of the molecule is CCC(=O)N1CCN(c2nccn2-c2cccc(OC)c2)CC1. The molecule has 2 aromatic rings. The van der Waals surface area contributed by atoms with Gasteiger partial charge in [-0.1, -0.05) is 13.0 Å². The van der Waals surface area contributed by atoms with E-state index in [0.29, 0.717) is 6.42 Å². The smallest absolute Gasteiger partial charge is 0.222 e. The Kier molecular flexibility index (Phi) is 4.50. The molecule has 1 aliphatic heterocycles. The second-order valence-electron chi connectivity index (χ2n) is 5.52. The molecule has 6 nitrogen and oxygen atoms in total. The minimum absolute atomic E-state index is 0.223. The van der Waals surface area contributed by atoms with Crippen LogP contribution in [0.15, 0.2) is 36.7 Å². The van der Waals surface area contributed by atoms with E-state index in [2.05, 4.69) is 14.5 Å². The van der Waals surface area contributed by atoms with E-state index < -0.39 is 0 Å². The maximum Gasteiger partial charge on any atom is 0.222 e. The van der Waals surface area contributed by atoms with Crippen LogP contribution in [0.5, 0.6) is 5.75 Å². The predicted molar refractivity (Wildman–Crippen MR) is 89.2 cm³/mol. The van der Waals surface area contributed by atoms with E-state index in [4.69, 9.17) is 4.74 Å². The van der Waals surface area contributed by atoms with E-state index in [9.17, 15) is 4.79 Å². The molecule has 0 aliphatic carbocycles. The number of carbonyl (C=O) groups excluding carboxylic acids is 1. The van der Waals surface area contributed by atoms with Gasteiger partial charge in [-0.15, -0.1) is 0 Å². The van der Waals surface area contributed by atoms with Gasteiger partial charge in [0.2, 0.25) is 11.9 Å². The topological polar surface area (TPSA) is 50.6 Å².